The van der Waals surface area contributed by atoms with Crippen LogP contribution in [0.5, 0.6) is 5.75 Å². The average molecular weight is 293 g/mol. The molecule has 1 saturated carbocycles. The molecule has 0 unspecified atom stereocenters. The van der Waals surface area contributed by atoms with Crippen LogP contribution in [0.3, 0.4) is 0 Å². The highest BCUT2D eigenvalue weighted by molar-refractivity contribution is 7.80. The highest BCUT2D eigenvalue weighted by atomic mass is 32.1. The van der Waals surface area contributed by atoms with E-state index in [4.69, 9.17) is 17.0 Å². The monoisotopic (exact) mass is 293 g/mol. The number of para-hydroxylation sites is 1. The molecule has 0 atom stereocenters. The maximum atomic E-state index is 10.6. The van der Waals surface area contributed by atoms with Crippen LogP contribution in [0.1, 0.15) is 46.0 Å². The van der Waals surface area contributed by atoms with Crippen LogP contribution in [-0.2, 0) is 4.79 Å². The van der Waals surface area contributed by atoms with Gasteiger partial charge in [0.1, 0.15) is 5.75 Å². The zero-order valence-electron chi connectivity index (χ0n) is 12.2. The number of carbonyl (C=O) groups excluding carboxylic acids is 1. The lowest BCUT2D eigenvalue weighted by Gasteiger charge is -2.21. The Morgan fingerprint density at radius 1 is 1.15 bits per heavy atom. The standard InChI is InChI=1S/C8H15NO.C8H8OS/c2*1-7(10)9-8-5-3-2-4-6-8/h8H,2-6H2,1H3,(H,9,10);2-6H,1H3. The summed E-state index contributed by atoms with van der Waals surface area (Å²) >= 11 is 4.76. The van der Waals surface area contributed by atoms with Crippen LogP contribution in [0.25, 0.3) is 0 Å². The van der Waals surface area contributed by atoms with Gasteiger partial charge < -0.3 is 10.1 Å². The van der Waals surface area contributed by atoms with E-state index in [9.17, 15) is 4.79 Å². The van der Waals surface area contributed by atoms with Gasteiger partial charge >= 0.3 is 0 Å². The molecule has 1 aromatic rings. The largest absolute Gasteiger partial charge is 0.451 e. The van der Waals surface area contributed by atoms with E-state index in [0.717, 1.165) is 5.75 Å². The second-order valence-corrected chi connectivity index (χ2v) is 5.52. The number of benzene rings is 1. The Morgan fingerprint density at radius 2 is 1.75 bits per heavy atom. The molecule has 1 aliphatic carbocycles. The first-order valence-corrected chi connectivity index (χ1v) is 7.49. The lowest BCUT2D eigenvalue weighted by Crippen LogP contribution is -2.34. The zero-order valence-corrected chi connectivity index (χ0v) is 13.0. The summed E-state index contributed by atoms with van der Waals surface area (Å²) in [6.07, 6.45) is 6.27. The van der Waals surface area contributed by atoms with Crippen LogP contribution < -0.4 is 10.1 Å². The summed E-state index contributed by atoms with van der Waals surface area (Å²) in [5.41, 5.74) is 0. The van der Waals surface area contributed by atoms with Crippen molar-refractivity contribution < 1.29 is 9.53 Å². The van der Waals surface area contributed by atoms with Gasteiger partial charge in [0.25, 0.3) is 0 Å². The van der Waals surface area contributed by atoms with Gasteiger partial charge in [0.05, 0.1) is 0 Å². The van der Waals surface area contributed by atoms with Crippen molar-refractivity contribution in [1.82, 2.24) is 5.32 Å². The number of hydrogen-bond donors (Lipinski definition) is 1. The smallest absolute Gasteiger partial charge is 0.217 e. The van der Waals surface area contributed by atoms with Crippen LogP contribution in [0.2, 0.25) is 0 Å². The van der Waals surface area contributed by atoms with Gasteiger partial charge in [-0.15, -0.1) is 0 Å². The summed E-state index contributed by atoms with van der Waals surface area (Å²) in [7, 11) is 0. The Morgan fingerprint density at radius 3 is 2.25 bits per heavy atom. The third-order valence-corrected chi connectivity index (χ3v) is 3.10. The van der Waals surface area contributed by atoms with E-state index in [-0.39, 0.29) is 5.91 Å². The van der Waals surface area contributed by atoms with Crippen molar-refractivity contribution in [2.45, 2.75) is 52.0 Å². The molecule has 4 heteroatoms. The minimum Gasteiger partial charge on any atom is -0.451 e. The maximum Gasteiger partial charge on any atom is 0.217 e. The van der Waals surface area contributed by atoms with Crippen molar-refractivity contribution in [2.24, 2.45) is 0 Å². The molecule has 1 fully saturated rings. The molecule has 3 nitrogen and oxygen atoms in total. The molecule has 1 aromatic carbocycles. The number of nitrogens with one attached hydrogen (secondary N) is 1. The Kier molecular flexibility index (Phi) is 7.88. The molecule has 0 heterocycles. The average Bonchev–Trinajstić information content (AvgIpc) is 2.40. The van der Waals surface area contributed by atoms with Gasteiger partial charge in [0.15, 0.2) is 5.05 Å². The predicted octanol–water partition coefficient (Wildman–Crippen LogP) is 3.87. The fraction of sp³-hybridized carbons (Fsp3) is 0.500. The van der Waals surface area contributed by atoms with Crippen LogP contribution in [0.15, 0.2) is 30.3 Å². The predicted molar refractivity (Wildman–Crippen MR) is 86.0 cm³/mol. The summed E-state index contributed by atoms with van der Waals surface area (Å²) in [6.45, 7) is 3.34. The normalized spacial score (nSPS) is 14.7. The SMILES string of the molecule is CC(=O)NC1CCCCC1.CC(=S)Oc1ccccc1. The summed E-state index contributed by atoms with van der Waals surface area (Å²) in [6, 6.07) is 9.98. The highest BCUT2D eigenvalue weighted by Crippen LogP contribution is 2.16. The molecule has 0 aliphatic heterocycles. The van der Waals surface area contributed by atoms with Crippen molar-refractivity contribution in [3.05, 3.63) is 30.3 Å². The van der Waals surface area contributed by atoms with E-state index >= 15 is 0 Å². The van der Waals surface area contributed by atoms with Gasteiger partial charge in [0.2, 0.25) is 5.91 Å². The van der Waals surface area contributed by atoms with E-state index in [1.54, 1.807) is 13.8 Å². The van der Waals surface area contributed by atoms with Crippen molar-refractivity contribution in [2.75, 3.05) is 0 Å². The third-order valence-electron chi connectivity index (χ3n) is 3.02. The molecule has 0 aromatic heterocycles. The number of carbonyl (C=O) groups is 1. The maximum absolute atomic E-state index is 10.6. The molecule has 0 radical (unpaired) electrons. The van der Waals surface area contributed by atoms with E-state index < -0.39 is 0 Å². The molecule has 0 spiro atoms. The summed E-state index contributed by atoms with van der Waals surface area (Å²) in [4.78, 5) is 10.6. The quantitative estimate of drug-likeness (QED) is 0.841. The van der Waals surface area contributed by atoms with Gasteiger partial charge in [-0.2, -0.15) is 0 Å². The Balaban J connectivity index is 0.000000200. The summed E-state index contributed by atoms with van der Waals surface area (Å²) < 4.78 is 5.15. The number of thiocarbonyl (C=S) groups is 1. The third kappa shape index (κ3) is 7.89. The van der Waals surface area contributed by atoms with E-state index in [1.807, 2.05) is 30.3 Å². The van der Waals surface area contributed by atoms with Gasteiger partial charge in [-0.1, -0.05) is 37.5 Å². The number of amides is 1. The van der Waals surface area contributed by atoms with Crippen LogP contribution in [0, 0.1) is 0 Å². The van der Waals surface area contributed by atoms with E-state index in [2.05, 4.69) is 5.32 Å². The van der Waals surface area contributed by atoms with Gasteiger partial charge in [-0.3, -0.25) is 4.79 Å². The molecule has 2 rings (SSSR count). The summed E-state index contributed by atoms with van der Waals surface area (Å²) in [5, 5.41) is 3.49. The van der Waals surface area contributed by atoms with Crippen LogP contribution in [-0.4, -0.2) is 17.0 Å². The zero-order chi connectivity index (χ0) is 14.8. The minimum absolute atomic E-state index is 0.118. The van der Waals surface area contributed by atoms with Crippen molar-refractivity contribution in [1.29, 1.82) is 0 Å². The molecule has 1 amide bonds. The fourth-order valence-corrected chi connectivity index (χ4v) is 2.29. The van der Waals surface area contributed by atoms with Crippen LogP contribution >= 0.6 is 12.2 Å². The van der Waals surface area contributed by atoms with Crippen molar-refractivity contribution in [3.8, 4) is 5.75 Å². The van der Waals surface area contributed by atoms with E-state index in [0.29, 0.717) is 11.1 Å². The minimum atomic E-state index is 0.118. The Bertz CT molecular complexity index is 414. The second-order valence-electron chi connectivity index (χ2n) is 4.94. The number of hydrogen-bond acceptors (Lipinski definition) is 3. The van der Waals surface area contributed by atoms with Crippen LogP contribution in [0.4, 0.5) is 0 Å². The molecule has 0 saturated heterocycles. The molecule has 110 valence electrons. The lowest BCUT2D eigenvalue weighted by atomic mass is 9.95. The van der Waals surface area contributed by atoms with Gasteiger partial charge in [-0.05, 0) is 37.2 Å². The highest BCUT2D eigenvalue weighted by Gasteiger charge is 2.12. The molecule has 0 bridgehead atoms. The van der Waals surface area contributed by atoms with Gasteiger partial charge in [-0.25, -0.2) is 0 Å². The van der Waals surface area contributed by atoms with Gasteiger partial charge in [0, 0.05) is 19.9 Å². The number of rotatable bonds is 2. The Labute approximate surface area is 126 Å². The van der Waals surface area contributed by atoms with Crippen molar-refractivity contribution in [3.63, 3.8) is 0 Å². The first kappa shape index (κ1) is 16.6. The van der Waals surface area contributed by atoms with Crippen molar-refractivity contribution >= 4 is 23.2 Å². The topological polar surface area (TPSA) is 38.3 Å². The molecular weight excluding hydrogens is 270 g/mol. The molecule has 20 heavy (non-hydrogen) atoms. The first-order valence-electron chi connectivity index (χ1n) is 7.08. The summed E-state index contributed by atoms with van der Waals surface area (Å²) in [5.74, 6) is 0.918. The Hall–Kier alpha value is -1.42. The van der Waals surface area contributed by atoms with E-state index in [1.165, 1.54) is 32.1 Å². The first-order chi connectivity index (χ1) is 9.58. The second kappa shape index (κ2) is 9.48. The fourth-order valence-electron chi connectivity index (χ4n) is 2.19. The molecule has 1 N–H and O–H groups in total. The number of ether oxygens (including phenoxy) is 1. The molecule has 1 aliphatic rings. The molecular formula is C16H23NO2S. The lowest BCUT2D eigenvalue weighted by molar-refractivity contribution is -0.119.